The lowest BCUT2D eigenvalue weighted by molar-refractivity contribution is -0.144. The van der Waals surface area contributed by atoms with Crippen molar-refractivity contribution in [2.45, 2.75) is 40.0 Å². The number of rotatable bonds is 1. The molecule has 2 rings (SSSR count). The smallest absolute Gasteiger partial charge is 0.306 e. The third-order valence-electron chi connectivity index (χ3n) is 4.96. The zero-order valence-corrected chi connectivity index (χ0v) is 8.63. The minimum absolute atomic E-state index is 0.0752. The Balaban J connectivity index is 2.34. The first-order chi connectivity index (χ1) is 5.88. The van der Waals surface area contributed by atoms with Crippen molar-refractivity contribution in [1.82, 2.24) is 0 Å². The van der Waals surface area contributed by atoms with E-state index in [0.717, 1.165) is 12.8 Å². The van der Waals surface area contributed by atoms with Crippen LogP contribution in [-0.4, -0.2) is 11.1 Å². The van der Waals surface area contributed by atoms with Crippen molar-refractivity contribution in [1.29, 1.82) is 0 Å². The normalized spacial score (nSPS) is 46.7. The largest absolute Gasteiger partial charge is 0.481 e. The molecule has 3 atom stereocenters. The highest BCUT2D eigenvalue weighted by Gasteiger charge is 2.62. The van der Waals surface area contributed by atoms with Gasteiger partial charge in [-0.05, 0) is 36.0 Å². The highest BCUT2D eigenvalue weighted by atomic mass is 16.4. The molecule has 0 aromatic carbocycles. The monoisotopic (exact) mass is 182 g/mol. The second-order valence-electron chi connectivity index (χ2n) is 5.58. The van der Waals surface area contributed by atoms with E-state index in [2.05, 4.69) is 20.8 Å². The Morgan fingerprint density at radius 2 is 2.00 bits per heavy atom. The van der Waals surface area contributed by atoms with Gasteiger partial charge in [-0.2, -0.15) is 0 Å². The van der Waals surface area contributed by atoms with Crippen molar-refractivity contribution in [3.05, 3.63) is 0 Å². The fraction of sp³-hybridized carbons (Fsp3) is 0.909. The molecule has 0 aromatic heterocycles. The minimum atomic E-state index is -0.582. The molecule has 0 saturated heterocycles. The summed E-state index contributed by atoms with van der Waals surface area (Å²) in [4.78, 5) is 11.0. The Hall–Kier alpha value is -0.530. The molecule has 2 aliphatic carbocycles. The maximum Gasteiger partial charge on any atom is 0.306 e. The molecule has 0 aromatic rings. The number of fused-ring (bicyclic) bond motifs is 2. The summed E-state index contributed by atoms with van der Waals surface area (Å²) in [5.41, 5.74) is 0.511. The van der Waals surface area contributed by atoms with E-state index in [1.807, 2.05) is 0 Å². The minimum Gasteiger partial charge on any atom is -0.481 e. The van der Waals surface area contributed by atoms with Crippen molar-refractivity contribution in [3.8, 4) is 0 Å². The molecule has 1 N–H and O–H groups in total. The maximum atomic E-state index is 11.0. The van der Waals surface area contributed by atoms with Gasteiger partial charge in [0.25, 0.3) is 0 Å². The maximum absolute atomic E-state index is 11.0. The van der Waals surface area contributed by atoms with Crippen LogP contribution in [0.25, 0.3) is 0 Å². The molecule has 0 spiro atoms. The van der Waals surface area contributed by atoms with Crippen molar-refractivity contribution in [2.75, 3.05) is 0 Å². The van der Waals surface area contributed by atoms with Crippen molar-refractivity contribution in [2.24, 2.45) is 22.7 Å². The molecule has 0 amide bonds. The summed E-state index contributed by atoms with van der Waals surface area (Å²) in [6, 6.07) is 0. The zero-order valence-electron chi connectivity index (χ0n) is 8.63. The Morgan fingerprint density at radius 1 is 1.38 bits per heavy atom. The summed E-state index contributed by atoms with van der Waals surface area (Å²) in [6.45, 7) is 6.75. The lowest BCUT2D eigenvalue weighted by Crippen LogP contribution is -2.26. The van der Waals surface area contributed by atoms with E-state index >= 15 is 0 Å². The van der Waals surface area contributed by atoms with Crippen LogP contribution in [0.4, 0.5) is 0 Å². The van der Waals surface area contributed by atoms with Crippen LogP contribution in [0.2, 0.25) is 0 Å². The van der Waals surface area contributed by atoms with Crippen LogP contribution in [0.1, 0.15) is 40.0 Å². The number of aliphatic carboxylic acids is 1. The summed E-state index contributed by atoms with van der Waals surface area (Å²) in [5, 5.41) is 9.08. The first-order valence-corrected chi connectivity index (χ1v) is 5.11. The average molecular weight is 182 g/mol. The number of carboxylic acids is 1. The van der Waals surface area contributed by atoms with E-state index in [1.165, 1.54) is 6.42 Å². The predicted octanol–water partition coefficient (Wildman–Crippen LogP) is 2.53. The predicted molar refractivity (Wildman–Crippen MR) is 50.4 cm³/mol. The van der Waals surface area contributed by atoms with Gasteiger partial charge < -0.3 is 5.11 Å². The Bertz CT molecular complexity index is 254. The lowest BCUT2D eigenvalue weighted by Gasteiger charge is -2.34. The fourth-order valence-corrected chi connectivity index (χ4v) is 3.56. The van der Waals surface area contributed by atoms with Crippen LogP contribution in [0.15, 0.2) is 0 Å². The quantitative estimate of drug-likeness (QED) is 0.676. The van der Waals surface area contributed by atoms with Gasteiger partial charge in [0.1, 0.15) is 0 Å². The lowest BCUT2D eigenvalue weighted by atomic mass is 9.71. The van der Waals surface area contributed by atoms with Crippen LogP contribution < -0.4 is 0 Å². The van der Waals surface area contributed by atoms with Gasteiger partial charge in [0.05, 0.1) is 5.92 Å². The molecular weight excluding hydrogens is 164 g/mol. The third-order valence-corrected chi connectivity index (χ3v) is 4.96. The van der Waals surface area contributed by atoms with E-state index in [4.69, 9.17) is 5.11 Å². The molecule has 2 unspecified atom stereocenters. The molecular formula is C11H18O2. The van der Waals surface area contributed by atoms with Gasteiger partial charge in [-0.1, -0.05) is 20.8 Å². The summed E-state index contributed by atoms with van der Waals surface area (Å²) in [7, 11) is 0. The molecule has 2 bridgehead atoms. The van der Waals surface area contributed by atoms with Crippen LogP contribution in [0.5, 0.6) is 0 Å². The Kier molecular flexibility index (Phi) is 1.59. The third kappa shape index (κ3) is 0.918. The van der Waals surface area contributed by atoms with Gasteiger partial charge in [-0.25, -0.2) is 0 Å². The van der Waals surface area contributed by atoms with Crippen LogP contribution in [0, 0.1) is 22.7 Å². The molecule has 74 valence electrons. The first-order valence-electron chi connectivity index (χ1n) is 5.11. The number of hydrogen-bond acceptors (Lipinski definition) is 1. The number of carboxylic acid groups (broad SMARTS) is 1. The van der Waals surface area contributed by atoms with Gasteiger partial charge >= 0.3 is 5.97 Å². The molecule has 2 nitrogen and oxygen atoms in total. The Labute approximate surface area is 79.3 Å². The molecule has 13 heavy (non-hydrogen) atoms. The molecule has 0 heterocycles. The molecule has 0 aliphatic heterocycles. The number of hydrogen-bond donors (Lipinski definition) is 1. The van der Waals surface area contributed by atoms with Crippen molar-refractivity contribution < 1.29 is 9.90 Å². The number of carbonyl (C=O) groups is 1. The molecule has 2 saturated carbocycles. The highest BCUT2D eigenvalue weighted by Crippen LogP contribution is 2.67. The summed E-state index contributed by atoms with van der Waals surface area (Å²) in [5.74, 6) is -0.245. The first kappa shape index (κ1) is 9.04. The Morgan fingerprint density at radius 3 is 2.23 bits per heavy atom. The van der Waals surface area contributed by atoms with Gasteiger partial charge in [0, 0.05) is 0 Å². The standard InChI is InChI=1S/C11H18O2/c1-10(2)8-4-5-11(10,3)6-7(8)9(12)13/h7-8H,4-6H2,1-3H3,(H,12,13)/t7-,8?,11?/m0/s1. The summed E-state index contributed by atoms with van der Waals surface area (Å²) >= 11 is 0. The molecule has 2 heteroatoms. The van der Waals surface area contributed by atoms with Gasteiger partial charge in [0.15, 0.2) is 0 Å². The zero-order chi connectivity index (χ0) is 9.85. The molecule has 2 aliphatic rings. The average Bonchev–Trinajstić information content (AvgIpc) is 2.34. The van der Waals surface area contributed by atoms with Gasteiger partial charge in [-0.15, -0.1) is 0 Å². The van der Waals surface area contributed by atoms with E-state index in [-0.39, 0.29) is 16.7 Å². The van der Waals surface area contributed by atoms with E-state index in [0.29, 0.717) is 5.92 Å². The SMILES string of the molecule is CC12CCC([C@@H](C(=O)O)C1)C2(C)C. The molecule has 2 fully saturated rings. The second kappa shape index (κ2) is 2.28. The van der Waals surface area contributed by atoms with E-state index < -0.39 is 5.97 Å². The highest BCUT2D eigenvalue weighted by molar-refractivity contribution is 5.71. The summed E-state index contributed by atoms with van der Waals surface area (Å²) < 4.78 is 0. The van der Waals surface area contributed by atoms with Crippen molar-refractivity contribution >= 4 is 5.97 Å². The van der Waals surface area contributed by atoms with Crippen LogP contribution in [0.3, 0.4) is 0 Å². The van der Waals surface area contributed by atoms with Gasteiger partial charge in [0.2, 0.25) is 0 Å². The fourth-order valence-electron chi connectivity index (χ4n) is 3.56. The van der Waals surface area contributed by atoms with Crippen LogP contribution >= 0.6 is 0 Å². The van der Waals surface area contributed by atoms with E-state index in [9.17, 15) is 4.79 Å². The second-order valence-corrected chi connectivity index (χ2v) is 5.58. The molecule has 0 radical (unpaired) electrons. The topological polar surface area (TPSA) is 37.3 Å². The van der Waals surface area contributed by atoms with Gasteiger partial charge in [-0.3, -0.25) is 4.79 Å². The summed E-state index contributed by atoms with van der Waals surface area (Å²) in [6.07, 6.45) is 3.22. The van der Waals surface area contributed by atoms with Crippen molar-refractivity contribution in [3.63, 3.8) is 0 Å². The van der Waals surface area contributed by atoms with Crippen LogP contribution in [-0.2, 0) is 4.79 Å². The van der Waals surface area contributed by atoms with E-state index in [1.54, 1.807) is 0 Å².